The van der Waals surface area contributed by atoms with Gasteiger partial charge in [0, 0.05) is 33.3 Å². The van der Waals surface area contributed by atoms with Crippen LogP contribution in [0.1, 0.15) is 37.0 Å². The number of thioether (sulfide) groups is 1. The summed E-state index contributed by atoms with van der Waals surface area (Å²) in [6.45, 7) is 5.60. The Bertz CT molecular complexity index is 884. The van der Waals surface area contributed by atoms with Crippen molar-refractivity contribution in [1.82, 2.24) is 4.90 Å². The van der Waals surface area contributed by atoms with Crippen LogP contribution >= 0.6 is 23.1 Å². The molecule has 1 aliphatic heterocycles. The zero-order valence-corrected chi connectivity index (χ0v) is 17.5. The van der Waals surface area contributed by atoms with Crippen molar-refractivity contribution in [2.24, 2.45) is 0 Å². The molecule has 2 N–H and O–H groups in total. The normalized spacial score (nSPS) is 14.7. The Balaban J connectivity index is 0.00000102. The number of amides is 1. The Hall–Kier alpha value is -1.98. The van der Waals surface area contributed by atoms with E-state index in [4.69, 9.17) is 5.73 Å². The van der Waals surface area contributed by atoms with Gasteiger partial charge in [-0.25, -0.2) is 0 Å². The van der Waals surface area contributed by atoms with Crippen molar-refractivity contribution in [3.63, 3.8) is 0 Å². The molecule has 27 heavy (non-hydrogen) atoms. The molecule has 0 atom stereocenters. The molecule has 0 saturated carbocycles. The maximum absolute atomic E-state index is 13.0. The number of benzene rings is 2. The van der Waals surface area contributed by atoms with Crippen LogP contribution in [0, 0.1) is 0 Å². The van der Waals surface area contributed by atoms with Gasteiger partial charge in [-0.2, -0.15) is 0 Å². The van der Waals surface area contributed by atoms with Crippen molar-refractivity contribution in [1.29, 1.82) is 0 Å². The Morgan fingerprint density at radius 1 is 1.04 bits per heavy atom. The number of anilines is 1. The molecule has 1 aliphatic rings. The van der Waals surface area contributed by atoms with Crippen LogP contribution < -0.4 is 5.73 Å². The number of piperidine rings is 1. The summed E-state index contributed by atoms with van der Waals surface area (Å²) in [7, 11) is 0. The highest BCUT2D eigenvalue weighted by Crippen LogP contribution is 2.36. The fourth-order valence-corrected chi connectivity index (χ4v) is 5.42. The number of nitrogen functional groups attached to an aromatic ring is 1. The fraction of sp³-hybridized carbons (Fsp3) is 0.318. The lowest BCUT2D eigenvalue weighted by molar-refractivity contribution is 0.0731. The van der Waals surface area contributed by atoms with Crippen molar-refractivity contribution >= 4 is 44.1 Å². The predicted molar refractivity (Wildman–Crippen MR) is 119 cm³/mol. The molecule has 1 fully saturated rings. The summed E-state index contributed by atoms with van der Waals surface area (Å²) < 4.78 is 1.08. The molecule has 0 unspecified atom stereocenters. The maximum Gasteiger partial charge on any atom is 0.257 e. The molecule has 2 aromatic carbocycles. The third-order valence-electron chi connectivity index (χ3n) is 4.61. The molecule has 1 saturated heterocycles. The van der Waals surface area contributed by atoms with Crippen LogP contribution in [-0.4, -0.2) is 29.1 Å². The smallest absolute Gasteiger partial charge is 0.257 e. The third kappa shape index (κ3) is 4.47. The zero-order chi connectivity index (χ0) is 19.2. The molecule has 0 spiro atoms. The molecule has 4 rings (SSSR count). The first-order valence-corrected chi connectivity index (χ1v) is 11.2. The predicted octanol–water partition coefficient (Wildman–Crippen LogP) is 5.91. The van der Waals surface area contributed by atoms with Gasteiger partial charge in [-0.3, -0.25) is 4.79 Å². The Morgan fingerprint density at radius 2 is 1.67 bits per heavy atom. The molecule has 5 heteroatoms. The molecular weight excluding hydrogens is 372 g/mol. The van der Waals surface area contributed by atoms with Crippen LogP contribution in [-0.2, 0) is 0 Å². The Kier molecular flexibility index (Phi) is 6.80. The van der Waals surface area contributed by atoms with Gasteiger partial charge >= 0.3 is 0 Å². The second-order valence-electron chi connectivity index (χ2n) is 6.26. The summed E-state index contributed by atoms with van der Waals surface area (Å²) in [5, 5.41) is 2.19. The number of likely N-dealkylation sites (tertiary alicyclic amines) is 1. The number of hydrogen-bond acceptors (Lipinski definition) is 4. The number of carbonyl (C=O) groups is 1. The van der Waals surface area contributed by atoms with E-state index in [1.54, 1.807) is 0 Å². The number of hydrogen-bond donors (Lipinski definition) is 1. The first-order chi connectivity index (χ1) is 13.2. The van der Waals surface area contributed by atoms with Gasteiger partial charge in [-0.15, -0.1) is 23.1 Å². The number of nitrogens with two attached hydrogens (primary N) is 1. The molecule has 3 aromatic rings. The number of thiophene rings is 1. The van der Waals surface area contributed by atoms with Gasteiger partial charge in [0.15, 0.2) is 0 Å². The molecule has 2 heterocycles. The van der Waals surface area contributed by atoms with Gasteiger partial charge in [-0.1, -0.05) is 50.2 Å². The average molecular weight is 399 g/mol. The highest BCUT2D eigenvalue weighted by Gasteiger charge is 2.27. The van der Waals surface area contributed by atoms with E-state index in [0.717, 1.165) is 36.0 Å². The lowest BCUT2D eigenvalue weighted by Crippen LogP contribution is -2.39. The van der Waals surface area contributed by atoms with E-state index in [1.165, 1.54) is 16.2 Å². The quantitative estimate of drug-likeness (QED) is 0.597. The summed E-state index contributed by atoms with van der Waals surface area (Å²) >= 11 is 3.42. The van der Waals surface area contributed by atoms with E-state index in [0.29, 0.717) is 15.8 Å². The first-order valence-electron chi connectivity index (χ1n) is 9.50. The van der Waals surface area contributed by atoms with Crippen LogP contribution in [0.2, 0.25) is 0 Å². The van der Waals surface area contributed by atoms with Crippen molar-refractivity contribution in [2.75, 3.05) is 18.8 Å². The van der Waals surface area contributed by atoms with Crippen molar-refractivity contribution in [2.45, 2.75) is 36.8 Å². The van der Waals surface area contributed by atoms with E-state index in [2.05, 4.69) is 24.3 Å². The Labute approximate surface area is 169 Å². The minimum atomic E-state index is 0.0816. The largest absolute Gasteiger partial charge is 0.390 e. The van der Waals surface area contributed by atoms with E-state index in [-0.39, 0.29) is 5.91 Å². The topological polar surface area (TPSA) is 46.3 Å². The molecule has 142 valence electrons. The maximum atomic E-state index is 13.0. The summed E-state index contributed by atoms with van der Waals surface area (Å²) in [6.07, 6.45) is 2.04. The SMILES string of the molecule is CC.Nc1sc2ccccc2c1C(=O)N1CCC(Sc2ccccc2)CC1. The standard InChI is InChI=1S/C20H20N2OS2.C2H6/c21-19-18(16-8-4-5-9-17(16)25-19)20(23)22-12-10-15(11-13-22)24-14-6-2-1-3-7-14;1-2/h1-9,15H,10-13,21H2;1-2H3. The van der Waals surface area contributed by atoms with Crippen molar-refractivity contribution in [3.05, 3.63) is 60.2 Å². The van der Waals surface area contributed by atoms with E-state index < -0.39 is 0 Å². The van der Waals surface area contributed by atoms with Crippen LogP contribution in [0.3, 0.4) is 0 Å². The van der Waals surface area contributed by atoms with Crippen LogP contribution in [0.5, 0.6) is 0 Å². The van der Waals surface area contributed by atoms with Crippen molar-refractivity contribution < 1.29 is 4.79 Å². The van der Waals surface area contributed by atoms with E-state index in [1.807, 2.05) is 60.8 Å². The number of rotatable bonds is 3. The van der Waals surface area contributed by atoms with E-state index >= 15 is 0 Å². The minimum absolute atomic E-state index is 0.0816. The highest BCUT2D eigenvalue weighted by atomic mass is 32.2. The molecule has 0 bridgehead atoms. The van der Waals surface area contributed by atoms with Crippen LogP contribution in [0.4, 0.5) is 5.00 Å². The molecule has 1 aromatic heterocycles. The number of fused-ring (bicyclic) bond motifs is 1. The second kappa shape index (κ2) is 9.29. The van der Waals surface area contributed by atoms with Crippen molar-refractivity contribution in [3.8, 4) is 0 Å². The van der Waals surface area contributed by atoms with Gasteiger partial charge in [0.2, 0.25) is 0 Å². The zero-order valence-electron chi connectivity index (χ0n) is 15.9. The van der Waals surface area contributed by atoms with Gasteiger partial charge < -0.3 is 10.6 Å². The van der Waals surface area contributed by atoms with Crippen LogP contribution in [0.15, 0.2) is 59.5 Å². The van der Waals surface area contributed by atoms with Gasteiger partial charge in [0.25, 0.3) is 5.91 Å². The number of nitrogens with zero attached hydrogens (tertiary/aromatic N) is 1. The summed E-state index contributed by atoms with van der Waals surface area (Å²) in [5.41, 5.74) is 6.85. The summed E-state index contributed by atoms with van der Waals surface area (Å²) in [4.78, 5) is 16.3. The van der Waals surface area contributed by atoms with Gasteiger partial charge in [-0.05, 0) is 31.0 Å². The molecular formula is C22H26N2OS2. The van der Waals surface area contributed by atoms with E-state index in [9.17, 15) is 4.79 Å². The number of carbonyl (C=O) groups excluding carboxylic acids is 1. The van der Waals surface area contributed by atoms with Gasteiger partial charge in [0.05, 0.1) is 10.6 Å². The van der Waals surface area contributed by atoms with Gasteiger partial charge in [0.1, 0.15) is 0 Å². The van der Waals surface area contributed by atoms with Crippen LogP contribution in [0.25, 0.3) is 10.1 Å². The average Bonchev–Trinajstić information content (AvgIpc) is 3.06. The fourth-order valence-electron chi connectivity index (χ4n) is 3.31. The third-order valence-corrected chi connectivity index (χ3v) is 6.96. The highest BCUT2D eigenvalue weighted by molar-refractivity contribution is 8.00. The second-order valence-corrected chi connectivity index (χ2v) is 8.72. The molecule has 3 nitrogen and oxygen atoms in total. The molecule has 1 amide bonds. The summed E-state index contributed by atoms with van der Waals surface area (Å²) in [6, 6.07) is 18.5. The molecule has 0 aliphatic carbocycles. The molecule has 0 radical (unpaired) electrons. The summed E-state index contributed by atoms with van der Waals surface area (Å²) in [5.74, 6) is 0.0816. The first kappa shape index (κ1) is 19.8. The Morgan fingerprint density at radius 3 is 2.37 bits per heavy atom. The lowest BCUT2D eigenvalue weighted by atomic mass is 10.1. The lowest BCUT2D eigenvalue weighted by Gasteiger charge is -2.31. The monoisotopic (exact) mass is 398 g/mol. The minimum Gasteiger partial charge on any atom is -0.390 e.